The number of aryl methyl sites for hydroxylation is 1. The molecule has 172 valence electrons. The molecule has 1 aliphatic rings. The largest absolute Gasteiger partial charge is 0.335 e. The van der Waals surface area contributed by atoms with Gasteiger partial charge in [0.25, 0.3) is 11.8 Å². The standard InChI is InChI=1S/C28H26FN3O2/c1-20-11-12-23(17-24(20)29)27(33)30-13-15-31(16-14-30)28(34)26-18-22-9-5-6-10-25(22)32(26)19-21-7-3-2-4-8-21/h2-12,17-18H,13-16,19H2,1H3. The van der Waals surface area contributed by atoms with Crippen LogP contribution >= 0.6 is 0 Å². The minimum atomic E-state index is -0.383. The zero-order valence-electron chi connectivity index (χ0n) is 19.1. The third-order valence-corrected chi connectivity index (χ3v) is 6.49. The second kappa shape index (κ2) is 9.14. The van der Waals surface area contributed by atoms with Crippen LogP contribution in [0.1, 0.15) is 32.0 Å². The molecule has 4 aromatic rings. The van der Waals surface area contributed by atoms with Gasteiger partial charge in [-0.3, -0.25) is 9.59 Å². The van der Waals surface area contributed by atoms with E-state index < -0.39 is 0 Å². The minimum Gasteiger partial charge on any atom is -0.335 e. The number of halogens is 1. The normalized spacial score (nSPS) is 13.9. The van der Waals surface area contributed by atoms with Gasteiger partial charge < -0.3 is 14.4 Å². The molecule has 2 heterocycles. The molecule has 0 saturated carbocycles. The van der Waals surface area contributed by atoms with Crippen molar-refractivity contribution in [2.24, 2.45) is 0 Å². The highest BCUT2D eigenvalue weighted by molar-refractivity contribution is 5.99. The molecule has 5 nitrogen and oxygen atoms in total. The highest BCUT2D eigenvalue weighted by atomic mass is 19.1. The molecule has 34 heavy (non-hydrogen) atoms. The summed E-state index contributed by atoms with van der Waals surface area (Å²) >= 11 is 0. The molecule has 0 N–H and O–H groups in total. The number of rotatable bonds is 4. The molecule has 1 saturated heterocycles. The first kappa shape index (κ1) is 21.9. The van der Waals surface area contributed by atoms with E-state index in [1.165, 1.54) is 6.07 Å². The number of hydrogen-bond acceptors (Lipinski definition) is 2. The summed E-state index contributed by atoms with van der Waals surface area (Å²) in [6.07, 6.45) is 0. The number of carbonyl (C=O) groups is 2. The lowest BCUT2D eigenvalue weighted by atomic mass is 10.1. The van der Waals surface area contributed by atoms with Crippen molar-refractivity contribution in [2.75, 3.05) is 26.2 Å². The first-order valence-electron chi connectivity index (χ1n) is 11.5. The topological polar surface area (TPSA) is 45.6 Å². The lowest BCUT2D eigenvalue weighted by Gasteiger charge is -2.35. The summed E-state index contributed by atoms with van der Waals surface area (Å²) < 4.78 is 16.0. The maximum Gasteiger partial charge on any atom is 0.270 e. The van der Waals surface area contributed by atoms with Crippen molar-refractivity contribution in [2.45, 2.75) is 13.5 Å². The zero-order chi connectivity index (χ0) is 23.7. The Morgan fingerprint density at radius 3 is 2.15 bits per heavy atom. The van der Waals surface area contributed by atoms with E-state index in [4.69, 9.17) is 0 Å². The Bertz CT molecular complexity index is 1350. The summed E-state index contributed by atoms with van der Waals surface area (Å²) in [7, 11) is 0. The molecule has 0 bridgehead atoms. The van der Waals surface area contributed by atoms with Crippen molar-refractivity contribution in [1.29, 1.82) is 0 Å². The fraction of sp³-hybridized carbons (Fsp3) is 0.214. The van der Waals surface area contributed by atoms with E-state index in [9.17, 15) is 14.0 Å². The number of carbonyl (C=O) groups excluding carboxylic acids is 2. The summed E-state index contributed by atoms with van der Waals surface area (Å²) in [5, 5.41) is 1.02. The Hall–Kier alpha value is -3.93. The Balaban J connectivity index is 1.34. The van der Waals surface area contributed by atoms with Gasteiger partial charge in [0, 0.05) is 49.2 Å². The SMILES string of the molecule is Cc1ccc(C(=O)N2CCN(C(=O)c3cc4ccccc4n3Cc3ccccc3)CC2)cc1F. The Labute approximate surface area is 198 Å². The molecular formula is C28H26FN3O2. The van der Waals surface area contributed by atoms with Gasteiger partial charge in [0.15, 0.2) is 0 Å². The summed E-state index contributed by atoms with van der Waals surface area (Å²) in [5.74, 6) is -0.629. The maximum atomic E-state index is 13.9. The van der Waals surface area contributed by atoms with Crippen LogP contribution in [0.15, 0.2) is 78.9 Å². The van der Waals surface area contributed by atoms with Gasteiger partial charge in [-0.05, 0) is 42.3 Å². The van der Waals surface area contributed by atoms with Gasteiger partial charge in [0.2, 0.25) is 0 Å². The van der Waals surface area contributed by atoms with Crippen molar-refractivity contribution in [3.05, 3.63) is 107 Å². The van der Waals surface area contributed by atoms with Gasteiger partial charge in [-0.25, -0.2) is 4.39 Å². The van der Waals surface area contributed by atoms with Crippen LogP contribution in [0.25, 0.3) is 10.9 Å². The van der Waals surface area contributed by atoms with Crippen LogP contribution in [0.4, 0.5) is 4.39 Å². The Kier molecular flexibility index (Phi) is 5.88. The maximum absolute atomic E-state index is 13.9. The summed E-state index contributed by atoms with van der Waals surface area (Å²) in [4.78, 5) is 29.9. The third kappa shape index (κ3) is 4.19. The molecule has 6 heteroatoms. The average molecular weight is 456 g/mol. The molecule has 0 atom stereocenters. The van der Waals surface area contributed by atoms with Gasteiger partial charge in [-0.15, -0.1) is 0 Å². The van der Waals surface area contributed by atoms with E-state index in [0.29, 0.717) is 49.5 Å². The van der Waals surface area contributed by atoms with Crippen molar-refractivity contribution in [3.8, 4) is 0 Å². The number of piperazine rings is 1. The lowest BCUT2D eigenvalue weighted by molar-refractivity contribution is 0.0530. The van der Waals surface area contributed by atoms with Crippen LogP contribution in [0, 0.1) is 12.7 Å². The predicted molar refractivity (Wildman–Crippen MR) is 130 cm³/mol. The van der Waals surface area contributed by atoms with Crippen LogP contribution < -0.4 is 0 Å². The fourth-order valence-corrected chi connectivity index (χ4v) is 4.51. The molecule has 2 amide bonds. The molecule has 1 fully saturated rings. The van der Waals surface area contributed by atoms with Crippen LogP contribution in [0.5, 0.6) is 0 Å². The molecule has 0 radical (unpaired) electrons. The number of fused-ring (bicyclic) bond motifs is 1. The molecule has 1 aromatic heterocycles. The molecule has 0 spiro atoms. The van der Waals surface area contributed by atoms with E-state index in [0.717, 1.165) is 16.5 Å². The number of aromatic nitrogens is 1. The van der Waals surface area contributed by atoms with Crippen LogP contribution in [-0.4, -0.2) is 52.4 Å². The van der Waals surface area contributed by atoms with E-state index in [1.807, 2.05) is 48.5 Å². The van der Waals surface area contributed by atoms with Crippen molar-refractivity contribution in [3.63, 3.8) is 0 Å². The highest BCUT2D eigenvalue weighted by Crippen LogP contribution is 2.23. The van der Waals surface area contributed by atoms with Gasteiger partial charge in [0.05, 0.1) is 0 Å². The van der Waals surface area contributed by atoms with E-state index in [-0.39, 0.29) is 17.6 Å². The Morgan fingerprint density at radius 2 is 1.44 bits per heavy atom. The molecule has 3 aromatic carbocycles. The number of para-hydroxylation sites is 1. The van der Waals surface area contributed by atoms with Gasteiger partial charge >= 0.3 is 0 Å². The third-order valence-electron chi connectivity index (χ3n) is 6.49. The first-order chi connectivity index (χ1) is 16.5. The quantitative estimate of drug-likeness (QED) is 0.446. The average Bonchev–Trinajstić information content (AvgIpc) is 3.24. The molecular weight excluding hydrogens is 429 g/mol. The van der Waals surface area contributed by atoms with Crippen LogP contribution in [-0.2, 0) is 6.54 Å². The van der Waals surface area contributed by atoms with Crippen molar-refractivity contribution >= 4 is 22.7 Å². The number of nitrogens with zero attached hydrogens (tertiary/aromatic N) is 3. The van der Waals surface area contributed by atoms with Crippen LogP contribution in [0.2, 0.25) is 0 Å². The lowest BCUT2D eigenvalue weighted by Crippen LogP contribution is -2.50. The first-order valence-corrected chi connectivity index (χ1v) is 11.5. The van der Waals surface area contributed by atoms with Gasteiger partial charge in [-0.1, -0.05) is 54.6 Å². The number of hydrogen-bond donors (Lipinski definition) is 0. The molecule has 0 unspecified atom stereocenters. The van der Waals surface area contributed by atoms with E-state index >= 15 is 0 Å². The smallest absolute Gasteiger partial charge is 0.270 e. The summed E-state index contributed by atoms with van der Waals surface area (Å²) in [5.41, 5.74) is 3.64. The van der Waals surface area contributed by atoms with Crippen molar-refractivity contribution < 1.29 is 14.0 Å². The number of benzene rings is 3. The summed E-state index contributed by atoms with van der Waals surface area (Å²) in [6.45, 7) is 3.98. The molecule has 1 aliphatic heterocycles. The van der Waals surface area contributed by atoms with Gasteiger partial charge in [-0.2, -0.15) is 0 Å². The number of amides is 2. The minimum absolute atomic E-state index is 0.0411. The van der Waals surface area contributed by atoms with E-state index in [2.05, 4.69) is 16.7 Å². The zero-order valence-corrected chi connectivity index (χ0v) is 19.1. The second-order valence-electron chi connectivity index (χ2n) is 8.71. The van der Waals surface area contributed by atoms with Crippen molar-refractivity contribution in [1.82, 2.24) is 14.4 Å². The molecule has 5 rings (SSSR count). The molecule has 0 aliphatic carbocycles. The second-order valence-corrected chi connectivity index (χ2v) is 8.71. The van der Waals surface area contributed by atoms with E-state index in [1.54, 1.807) is 28.9 Å². The monoisotopic (exact) mass is 455 g/mol. The van der Waals surface area contributed by atoms with Crippen LogP contribution in [0.3, 0.4) is 0 Å². The Morgan fingerprint density at radius 1 is 0.794 bits per heavy atom. The highest BCUT2D eigenvalue weighted by Gasteiger charge is 2.28. The predicted octanol–water partition coefficient (Wildman–Crippen LogP) is 4.74. The fourth-order valence-electron chi connectivity index (χ4n) is 4.51. The van der Waals surface area contributed by atoms with Gasteiger partial charge in [0.1, 0.15) is 11.5 Å². The summed E-state index contributed by atoms with van der Waals surface area (Å²) in [6, 6.07) is 24.6.